The van der Waals surface area contributed by atoms with Gasteiger partial charge in [0.2, 0.25) is 5.78 Å². The third-order valence-electron chi connectivity index (χ3n) is 2.92. The summed E-state index contributed by atoms with van der Waals surface area (Å²) in [6.07, 6.45) is 6.51. The van der Waals surface area contributed by atoms with Crippen molar-refractivity contribution in [1.29, 1.82) is 0 Å². The molecule has 0 spiro atoms. The summed E-state index contributed by atoms with van der Waals surface area (Å²) in [6.45, 7) is 1.67. The van der Waals surface area contributed by atoms with Crippen molar-refractivity contribution in [2.75, 3.05) is 0 Å². The Morgan fingerprint density at radius 3 is 2.80 bits per heavy atom. The van der Waals surface area contributed by atoms with Crippen molar-refractivity contribution in [2.45, 2.75) is 6.92 Å². The average Bonchev–Trinajstić information content (AvgIpc) is 3.08. The number of aromatic amines is 2. The number of imidazole rings is 2. The van der Waals surface area contributed by atoms with Crippen molar-refractivity contribution in [3.63, 3.8) is 0 Å². The van der Waals surface area contributed by atoms with Crippen molar-refractivity contribution < 1.29 is 4.79 Å². The summed E-state index contributed by atoms with van der Waals surface area (Å²) in [4.78, 5) is 36.7. The van der Waals surface area contributed by atoms with Gasteiger partial charge in [-0.2, -0.15) is 0 Å². The molecule has 20 heavy (non-hydrogen) atoms. The highest BCUT2D eigenvalue weighted by atomic mass is 16.1. The van der Waals surface area contributed by atoms with Gasteiger partial charge in [-0.1, -0.05) is 0 Å². The number of nitrogens with zero attached hydrogens (tertiary/aromatic N) is 3. The molecule has 0 atom stereocenters. The molecule has 0 bridgehead atoms. The second-order valence-electron chi connectivity index (χ2n) is 4.28. The SMILES string of the molecule is Cc1[nH]c(=O)[nH]c1C(=O)c1ccnc(-n2ccnc2)c1. The Morgan fingerprint density at radius 1 is 1.30 bits per heavy atom. The van der Waals surface area contributed by atoms with Gasteiger partial charge in [0.05, 0.1) is 0 Å². The normalized spacial score (nSPS) is 10.7. The first-order valence-electron chi connectivity index (χ1n) is 5.93. The lowest BCUT2D eigenvalue weighted by Crippen LogP contribution is -2.08. The van der Waals surface area contributed by atoms with E-state index in [0.29, 0.717) is 17.1 Å². The molecule has 3 aromatic rings. The molecule has 0 aliphatic rings. The first-order valence-corrected chi connectivity index (χ1v) is 5.93. The quantitative estimate of drug-likeness (QED) is 0.688. The number of nitrogens with one attached hydrogen (secondary N) is 2. The van der Waals surface area contributed by atoms with Gasteiger partial charge in [0.1, 0.15) is 17.8 Å². The lowest BCUT2D eigenvalue weighted by Gasteiger charge is -2.04. The van der Waals surface area contributed by atoms with Gasteiger partial charge in [-0.3, -0.25) is 9.36 Å². The van der Waals surface area contributed by atoms with Gasteiger partial charge in [0.15, 0.2) is 0 Å². The largest absolute Gasteiger partial charge is 0.323 e. The summed E-state index contributed by atoms with van der Waals surface area (Å²) in [7, 11) is 0. The molecule has 0 amide bonds. The van der Waals surface area contributed by atoms with Crippen LogP contribution in [0.15, 0.2) is 41.8 Å². The van der Waals surface area contributed by atoms with Crippen LogP contribution in [-0.4, -0.2) is 30.3 Å². The van der Waals surface area contributed by atoms with Crippen molar-refractivity contribution >= 4 is 5.78 Å². The van der Waals surface area contributed by atoms with Crippen LogP contribution >= 0.6 is 0 Å². The first kappa shape index (κ1) is 12.1. The Kier molecular flexibility index (Phi) is 2.79. The van der Waals surface area contributed by atoms with Crippen LogP contribution in [0.3, 0.4) is 0 Å². The predicted molar refractivity (Wildman–Crippen MR) is 70.9 cm³/mol. The number of hydrogen-bond acceptors (Lipinski definition) is 4. The summed E-state index contributed by atoms with van der Waals surface area (Å²) in [5, 5.41) is 0. The van der Waals surface area contributed by atoms with E-state index in [1.807, 2.05) is 0 Å². The number of rotatable bonds is 3. The maximum absolute atomic E-state index is 12.4. The number of aromatic nitrogens is 5. The number of aryl methyl sites for hydroxylation is 1. The zero-order chi connectivity index (χ0) is 14.1. The van der Waals surface area contributed by atoms with Crippen LogP contribution in [-0.2, 0) is 0 Å². The number of ketones is 1. The maximum atomic E-state index is 12.4. The lowest BCUT2D eigenvalue weighted by molar-refractivity contribution is 0.103. The molecule has 3 aromatic heterocycles. The van der Waals surface area contributed by atoms with E-state index in [2.05, 4.69) is 19.9 Å². The molecule has 3 heterocycles. The Hall–Kier alpha value is -2.96. The molecule has 3 rings (SSSR count). The fourth-order valence-corrected chi connectivity index (χ4v) is 1.94. The molecule has 0 saturated carbocycles. The maximum Gasteiger partial charge on any atom is 0.323 e. The molecule has 0 saturated heterocycles. The van der Waals surface area contributed by atoms with Crippen LogP contribution in [0.4, 0.5) is 0 Å². The Bertz CT molecular complexity index is 813. The van der Waals surface area contributed by atoms with E-state index in [0.717, 1.165) is 0 Å². The highest BCUT2D eigenvalue weighted by molar-refractivity contribution is 6.08. The van der Waals surface area contributed by atoms with E-state index in [-0.39, 0.29) is 11.5 Å². The number of pyridine rings is 1. The molecular weight excluding hydrogens is 258 g/mol. The van der Waals surface area contributed by atoms with Crippen LogP contribution in [0.5, 0.6) is 0 Å². The monoisotopic (exact) mass is 269 g/mol. The van der Waals surface area contributed by atoms with Gasteiger partial charge in [-0.05, 0) is 19.1 Å². The van der Waals surface area contributed by atoms with Crippen LogP contribution in [0, 0.1) is 6.92 Å². The fourth-order valence-electron chi connectivity index (χ4n) is 1.94. The lowest BCUT2D eigenvalue weighted by atomic mass is 10.1. The van der Waals surface area contributed by atoms with Gasteiger partial charge in [-0.25, -0.2) is 14.8 Å². The zero-order valence-electron chi connectivity index (χ0n) is 10.6. The molecule has 0 unspecified atom stereocenters. The molecule has 7 heteroatoms. The number of carbonyl (C=O) groups excluding carboxylic acids is 1. The highest BCUT2D eigenvalue weighted by Crippen LogP contribution is 2.12. The molecule has 100 valence electrons. The molecule has 0 aliphatic heterocycles. The van der Waals surface area contributed by atoms with Gasteiger partial charge in [0, 0.05) is 29.8 Å². The van der Waals surface area contributed by atoms with Gasteiger partial charge < -0.3 is 9.97 Å². The second kappa shape index (κ2) is 4.61. The third-order valence-corrected chi connectivity index (χ3v) is 2.92. The Labute approximate surface area is 113 Å². The molecule has 0 fully saturated rings. The van der Waals surface area contributed by atoms with E-state index < -0.39 is 5.69 Å². The summed E-state index contributed by atoms with van der Waals surface area (Å²) >= 11 is 0. The molecule has 7 nitrogen and oxygen atoms in total. The summed E-state index contributed by atoms with van der Waals surface area (Å²) in [6, 6.07) is 3.25. The van der Waals surface area contributed by atoms with Gasteiger partial charge in [-0.15, -0.1) is 0 Å². The molecule has 0 radical (unpaired) electrons. The number of H-pyrrole nitrogens is 2. The number of carbonyl (C=O) groups is 1. The highest BCUT2D eigenvalue weighted by Gasteiger charge is 2.15. The van der Waals surface area contributed by atoms with E-state index in [1.54, 1.807) is 48.5 Å². The van der Waals surface area contributed by atoms with Crippen molar-refractivity contribution in [2.24, 2.45) is 0 Å². The minimum atomic E-state index is -0.394. The molecule has 0 aliphatic carbocycles. The minimum absolute atomic E-state index is 0.260. The van der Waals surface area contributed by atoms with E-state index in [1.165, 1.54) is 0 Å². The fraction of sp³-hybridized carbons (Fsp3) is 0.0769. The van der Waals surface area contributed by atoms with Crippen LogP contribution in [0.25, 0.3) is 5.82 Å². The van der Waals surface area contributed by atoms with Gasteiger partial charge >= 0.3 is 5.69 Å². The first-order chi connectivity index (χ1) is 9.65. The average molecular weight is 269 g/mol. The standard InChI is InChI=1S/C13H11N5O2/c1-8-11(17-13(20)16-8)12(19)9-2-3-15-10(6-9)18-5-4-14-7-18/h2-7H,1H3,(H2,16,17,20). The Morgan fingerprint density at radius 2 is 2.15 bits per heavy atom. The molecule has 2 N–H and O–H groups in total. The predicted octanol–water partition coefficient (Wildman–Crippen LogP) is 0.823. The van der Waals surface area contributed by atoms with Crippen molar-refractivity contribution in [1.82, 2.24) is 24.5 Å². The third kappa shape index (κ3) is 2.05. The summed E-state index contributed by atoms with van der Waals surface area (Å²) in [5.74, 6) is 0.327. The van der Waals surface area contributed by atoms with Crippen LogP contribution in [0.1, 0.15) is 21.7 Å². The zero-order valence-corrected chi connectivity index (χ0v) is 10.6. The number of hydrogen-bond donors (Lipinski definition) is 2. The van der Waals surface area contributed by atoms with Crippen molar-refractivity contribution in [3.05, 3.63) is 64.5 Å². The Balaban J connectivity index is 2.03. The second-order valence-corrected chi connectivity index (χ2v) is 4.28. The van der Waals surface area contributed by atoms with Crippen LogP contribution in [0.2, 0.25) is 0 Å². The van der Waals surface area contributed by atoms with E-state index in [9.17, 15) is 9.59 Å². The van der Waals surface area contributed by atoms with E-state index >= 15 is 0 Å². The summed E-state index contributed by atoms with van der Waals surface area (Å²) < 4.78 is 1.70. The van der Waals surface area contributed by atoms with E-state index in [4.69, 9.17) is 0 Å². The molecular formula is C13H11N5O2. The molecule has 0 aromatic carbocycles. The topological polar surface area (TPSA) is 96.4 Å². The smallest absolute Gasteiger partial charge is 0.310 e. The van der Waals surface area contributed by atoms with Gasteiger partial charge in [0.25, 0.3) is 0 Å². The minimum Gasteiger partial charge on any atom is -0.310 e. The summed E-state index contributed by atoms with van der Waals surface area (Å²) in [5.41, 5.74) is 0.829. The van der Waals surface area contributed by atoms with Crippen LogP contribution < -0.4 is 5.69 Å². The van der Waals surface area contributed by atoms with Crippen molar-refractivity contribution in [3.8, 4) is 5.82 Å².